The molecule has 0 saturated heterocycles. The number of amides is 1. The molecule has 0 saturated carbocycles. The van der Waals surface area contributed by atoms with E-state index in [0.29, 0.717) is 5.92 Å². The van der Waals surface area contributed by atoms with E-state index in [1.165, 1.54) is 0 Å². The molecule has 0 aromatic heterocycles. The first-order valence-electron chi connectivity index (χ1n) is 6.37. The fourth-order valence-electron chi connectivity index (χ4n) is 1.49. The summed E-state index contributed by atoms with van der Waals surface area (Å²) in [5.74, 6) is -0.210. The molecule has 1 unspecified atom stereocenters. The van der Waals surface area contributed by atoms with Gasteiger partial charge in [-0.1, -0.05) is 41.5 Å². The monoisotopic (exact) mass is 259 g/mol. The molecule has 0 fully saturated rings. The first-order valence-corrected chi connectivity index (χ1v) is 9.28. The number of nitrogens with two attached hydrogens (primary N) is 1. The van der Waals surface area contributed by atoms with Gasteiger partial charge in [0.25, 0.3) is 0 Å². The SMILES string of the molecule is CC(C)C(O[Si](C)(C)C(C)(C)C)[C@@H](C)C(N)=O. The second-order valence-corrected chi connectivity index (χ2v) is 11.5. The number of rotatable bonds is 5. The third-order valence-corrected chi connectivity index (χ3v) is 8.31. The van der Waals surface area contributed by atoms with Crippen LogP contribution in [0, 0.1) is 11.8 Å². The highest BCUT2D eigenvalue weighted by molar-refractivity contribution is 6.74. The van der Waals surface area contributed by atoms with Crippen LogP contribution in [0.1, 0.15) is 41.5 Å². The Hall–Kier alpha value is -0.353. The summed E-state index contributed by atoms with van der Waals surface area (Å²) in [5.41, 5.74) is 5.40. The third-order valence-electron chi connectivity index (χ3n) is 3.84. The van der Waals surface area contributed by atoms with Crippen molar-refractivity contribution in [2.75, 3.05) is 0 Å². The maximum Gasteiger partial charge on any atom is 0.222 e. The summed E-state index contributed by atoms with van der Waals surface area (Å²) < 4.78 is 6.32. The standard InChI is InChI=1S/C13H29NO2Si/c1-9(2)11(10(3)12(14)15)16-17(7,8)13(4,5)6/h9-11H,1-8H3,(H2,14,15)/t10-,11?/m1/s1. The Balaban J connectivity index is 4.96. The van der Waals surface area contributed by atoms with Crippen LogP contribution in [0.25, 0.3) is 0 Å². The van der Waals surface area contributed by atoms with Crippen molar-refractivity contribution in [3.05, 3.63) is 0 Å². The van der Waals surface area contributed by atoms with Gasteiger partial charge in [0, 0.05) is 0 Å². The molecule has 3 nitrogen and oxygen atoms in total. The zero-order valence-corrected chi connectivity index (χ0v) is 13.6. The number of carbonyl (C=O) groups is 1. The molecule has 0 aliphatic heterocycles. The molecule has 102 valence electrons. The topological polar surface area (TPSA) is 52.3 Å². The zero-order valence-electron chi connectivity index (χ0n) is 12.6. The number of hydrogen-bond acceptors (Lipinski definition) is 2. The van der Waals surface area contributed by atoms with Gasteiger partial charge in [0.2, 0.25) is 5.91 Å². The highest BCUT2D eigenvalue weighted by Crippen LogP contribution is 2.39. The predicted octanol–water partition coefficient (Wildman–Crippen LogP) is 3.15. The lowest BCUT2D eigenvalue weighted by atomic mass is 9.94. The Morgan fingerprint density at radius 2 is 1.59 bits per heavy atom. The normalized spacial score (nSPS) is 17.0. The van der Waals surface area contributed by atoms with Crippen LogP contribution >= 0.6 is 0 Å². The molecule has 0 aliphatic carbocycles. The van der Waals surface area contributed by atoms with Crippen LogP contribution < -0.4 is 5.73 Å². The van der Waals surface area contributed by atoms with E-state index in [2.05, 4.69) is 47.7 Å². The molecule has 0 heterocycles. The molecule has 0 aromatic rings. The summed E-state index contributed by atoms with van der Waals surface area (Å²) in [7, 11) is -1.85. The third kappa shape index (κ3) is 4.43. The van der Waals surface area contributed by atoms with Crippen molar-refractivity contribution < 1.29 is 9.22 Å². The molecule has 0 radical (unpaired) electrons. The average Bonchev–Trinajstić information content (AvgIpc) is 2.10. The summed E-state index contributed by atoms with van der Waals surface area (Å²) >= 11 is 0. The minimum atomic E-state index is -1.85. The molecule has 2 N–H and O–H groups in total. The van der Waals surface area contributed by atoms with Crippen molar-refractivity contribution in [3.63, 3.8) is 0 Å². The molecule has 0 spiro atoms. The van der Waals surface area contributed by atoms with E-state index in [-0.39, 0.29) is 23.0 Å². The average molecular weight is 259 g/mol. The Morgan fingerprint density at radius 1 is 1.18 bits per heavy atom. The summed E-state index contributed by atoms with van der Waals surface area (Å²) in [5, 5.41) is 0.150. The molecule has 4 heteroatoms. The molecular formula is C13H29NO2Si. The van der Waals surface area contributed by atoms with E-state index < -0.39 is 8.32 Å². The van der Waals surface area contributed by atoms with E-state index >= 15 is 0 Å². The fraction of sp³-hybridized carbons (Fsp3) is 0.923. The maximum absolute atomic E-state index is 11.3. The lowest BCUT2D eigenvalue weighted by Crippen LogP contribution is -2.49. The summed E-state index contributed by atoms with van der Waals surface area (Å²) in [6.07, 6.45) is -0.0756. The first kappa shape index (κ1) is 16.6. The van der Waals surface area contributed by atoms with Crippen LogP contribution in [0.3, 0.4) is 0 Å². The Bertz CT molecular complexity index is 269. The van der Waals surface area contributed by atoms with Gasteiger partial charge in [-0.2, -0.15) is 0 Å². The Kier molecular flexibility index (Phi) is 5.41. The van der Waals surface area contributed by atoms with E-state index in [0.717, 1.165) is 0 Å². The predicted molar refractivity (Wildman–Crippen MR) is 75.3 cm³/mol. The Labute approximate surface area is 107 Å². The number of carbonyl (C=O) groups excluding carboxylic acids is 1. The molecule has 0 aromatic carbocycles. The minimum Gasteiger partial charge on any atom is -0.413 e. The summed E-state index contributed by atoms with van der Waals surface area (Å²) in [6, 6.07) is 0. The van der Waals surface area contributed by atoms with Crippen molar-refractivity contribution >= 4 is 14.2 Å². The van der Waals surface area contributed by atoms with Crippen molar-refractivity contribution in [2.45, 2.75) is 65.8 Å². The summed E-state index contributed by atoms with van der Waals surface area (Å²) in [6.45, 7) is 17.0. The van der Waals surface area contributed by atoms with E-state index in [9.17, 15) is 4.79 Å². The first-order chi connectivity index (χ1) is 7.40. The molecule has 17 heavy (non-hydrogen) atoms. The van der Waals surface area contributed by atoms with Crippen LogP contribution in [-0.4, -0.2) is 20.3 Å². The van der Waals surface area contributed by atoms with E-state index in [1.807, 2.05) is 6.92 Å². The van der Waals surface area contributed by atoms with Gasteiger partial charge in [-0.3, -0.25) is 4.79 Å². The van der Waals surface area contributed by atoms with Crippen molar-refractivity contribution in [3.8, 4) is 0 Å². The molecular weight excluding hydrogens is 230 g/mol. The van der Waals surface area contributed by atoms with Gasteiger partial charge in [0.05, 0.1) is 12.0 Å². The Morgan fingerprint density at radius 3 is 1.82 bits per heavy atom. The van der Waals surface area contributed by atoms with Gasteiger partial charge in [-0.05, 0) is 24.1 Å². The highest BCUT2D eigenvalue weighted by atomic mass is 28.4. The van der Waals surface area contributed by atoms with Crippen LogP contribution in [0.15, 0.2) is 0 Å². The largest absolute Gasteiger partial charge is 0.413 e. The molecule has 0 aliphatic rings. The minimum absolute atomic E-state index is 0.0756. The maximum atomic E-state index is 11.3. The van der Waals surface area contributed by atoms with Crippen molar-refractivity contribution in [2.24, 2.45) is 17.6 Å². The van der Waals surface area contributed by atoms with E-state index in [4.69, 9.17) is 10.2 Å². The highest BCUT2D eigenvalue weighted by Gasteiger charge is 2.41. The second-order valence-electron chi connectivity index (χ2n) is 6.78. The van der Waals surface area contributed by atoms with Crippen molar-refractivity contribution in [1.29, 1.82) is 0 Å². The molecule has 0 rings (SSSR count). The fourth-order valence-corrected chi connectivity index (χ4v) is 3.00. The van der Waals surface area contributed by atoms with Gasteiger partial charge in [0.1, 0.15) is 0 Å². The lowest BCUT2D eigenvalue weighted by Gasteiger charge is -2.41. The smallest absolute Gasteiger partial charge is 0.222 e. The quantitative estimate of drug-likeness (QED) is 0.771. The molecule has 1 amide bonds. The lowest BCUT2D eigenvalue weighted by molar-refractivity contribution is -0.125. The van der Waals surface area contributed by atoms with Crippen LogP contribution in [0.5, 0.6) is 0 Å². The van der Waals surface area contributed by atoms with Gasteiger partial charge < -0.3 is 10.2 Å². The van der Waals surface area contributed by atoms with Crippen LogP contribution in [-0.2, 0) is 9.22 Å². The molecule has 2 atom stereocenters. The number of primary amides is 1. The number of hydrogen-bond donors (Lipinski definition) is 1. The second kappa shape index (κ2) is 5.53. The van der Waals surface area contributed by atoms with E-state index in [1.54, 1.807) is 0 Å². The van der Waals surface area contributed by atoms with Gasteiger partial charge in [0.15, 0.2) is 8.32 Å². The zero-order chi connectivity index (χ0) is 14.0. The van der Waals surface area contributed by atoms with Crippen LogP contribution in [0.4, 0.5) is 0 Å². The van der Waals surface area contributed by atoms with Crippen molar-refractivity contribution in [1.82, 2.24) is 0 Å². The molecule has 0 bridgehead atoms. The van der Waals surface area contributed by atoms with Gasteiger partial charge >= 0.3 is 0 Å². The van der Waals surface area contributed by atoms with Gasteiger partial charge in [-0.25, -0.2) is 0 Å². The van der Waals surface area contributed by atoms with Crippen LogP contribution in [0.2, 0.25) is 18.1 Å². The van der Waals surface area contributed by atoms with Gasteiger partial charge in [-0.15, -0.1) is 0 Å². The summed E-state index contributed by atoms with van der Waals surface area (Å²) in [4.78, 5) is 11.3.